The van der Waals surface area contributed by atoms with Gasteiger partial charge in [-0.1, -0.05) is 18.2 Å². The fourth-order valence-electron chi connectivity index (χ4n) is 1.54. The third-order valence-corrected chi connectivity index (χ3v) is 2.65. The molecule has 1 aromatic rings. The molecule has 0 spiro atoms. The summed E-state index contributed by atoms with van der Waals surface area (Å²) < 4.78 is 6.21. The van der Waals surface area contributed by atoms with Crippen LogP contribution in [0, 0.1) is 4.91 Å². The third-order valence-electron chi connectivity index (χ3n) is 2.65. The lowest BCUT2D eigenvalue weighted by molar-refractivity contribution is -0.871. The maximum atomic E-state index is 10.7. The van der Waals surface area contributed by atoms with Crippen LogP contribution in [0.2, 0.25) is 0 Å². The second-order valence-electron chi connectivity index (χ2n) is 5.45. The lowest BCUT2D eigenvalue weighted by Crippen LogP contribution is -2.39. The lowest BCUT2D eigenvalue weighted by Gasteiger charge is -2.28. The Hall–Kier alpha value is -1.30. The number of ether oxygens (including phenoxy) is 1. The zero-order chi connectivity index (χ0) is 13.8. The summed E-state index contributed by atoms with van der Waals surface area (Å²) >= 11 is 0. The number of nitroso groups, excluding NO2 is 1. The molecule has 100 valence electrons. The number of hydrogen-bond donors (Lipinski definition) is 1. The smallest absolute Gasteiger partial charge is 0.191 e. The van der Waals surface area contributed by atoms with Crippen molar-refractivity contribution < 1.29 is 14.3 Å². The molecule has 5 nitrogen and oxygen atoms in total. The van der Waals surface area contributed by atoms with Crippen LogP contribution in [0.5, 0.6) is 0 Å². The molecule has 5 heteroatoms. The van der Waals surface area contributed by atoms with Crippen molar-refractivity contribution in [3.8, 4) is 0 Å². The fourth-order valence-corrected chi connectivity index (χ4v) is 1.54. The highest BCUT2D eigenvalue weighted by Crippen LogP contribution is 2.30. The Labute approximate surface area is 108 Å². The summed E-state index contributed by atoms with van der Waals surface area (Å²) in [7, 11) is 6.12. The first-order valence-corrected chi connectivity index (χ1v) is 5.86. The minimum Gasteiger partial charge on any atom is -0.362 e. The van der Waals surface area contributed by atoms with Gasteiger partial charge in [0, 0.05) is 5.56 Å². The van der Waals surface area contributed by atoms with Gasteiger partial charge in [0.1, 0.15) is 12.2 Å². The highest BCUT2D eigenvalue weighted by Gasteiger charge is 2.28. The van der Waals surface area contributed by atoms with Crippen LogP contribution >= 0.6 is 0 Å². The molecule has 0 aromatic heterocycles. The second kappa shape index (κ2) is 5.56. The van der Waals surface area contributed by atoms with Crippen LogP contribution in [0.25, 0.3) is 0 Å². The normalized spacial score (nSPS) is 15.2. The predicted octanol–water partition coefficient (Wildman–Crippen LogP) is 1.97. The quantitative estimate of drug-likeness (QED) is 0.479. The summed E-state index contributed by atoms with van der Waals surface area (Å²) in [6.45, 7) is 2.67. The van der Waals surface area contributed by atoms with Crippen molar-refractivity contribution in [2.45, 2.75) is 12.7 Å². The molecule has 0 fully saturated rings. The van der Waals surface area contributed by atoms with Crippen LogP contribution in [0.3, 0.4) is 0 Å². The van der Waals surface area contributed by atoms with E-state index in [4.69, 9.17) is 4.74 Å². The van der Waals surface area contributed by atoms with Crippen molar-refractivity contribution in [2.75, 3.05) is 34.3 Å². The van der Waals surface area contributed by atoms with E-state index in [0.29, 0.717) is 12.2 Å². The van der Waals surface area contributed by atoms with Gasteiger partial charge in [0.05, 0.1) is 27.7 Å². The summed E-state index contributed by atoms with van der Waals surface area (Å²) in [5.74, 6) is -1.50. The average molecular weight is 253 g/mol. The molecule has 0 aliphatic carbocycles. The number of nitrogens with zero attached hydrogens (tertiary/aromatic N) is 2. The average Bonchev–Trinajstić information content (AvgIpc) is 2.27. The molecule has 0 aliphatic rings. The standard InChI is InChI=1S/C13H21N2O3/c1-13(16,18-10-9-15(2,3)4)11-7-5-6-8-12(11)14-17/h5-8,16H,9-10H2,1-4H3/q+1. The maximum absolute atomic E-state index is 10.7. The van der Waals surface area contributed by atoms with Gasteiger partial charge in [0.15, 0.2) is 5.79 Å². The van der Waals surface area contributed by atoms with Crippen molar-refractivity contribution in [1.82, 2.24) is 0 Å². The van der Waals surface area contributed by atoms with Crippen LogP contribution in [-0.4, -0.2) is 43.9 Å². The number of rotatable bonds is 6. The van der Waals surface area contributed by atoms with Gasteiger partial charge in [-0.2, -0.15) is 0 Å². The summed E-state index contributed by atoms with van der Waals surface area (Å²) in [6, 6.07) is 6.63. The molecule has 1 unspecified atom stereocenters. The Kier molecular flexibility index (Phi) is 4.56. The predicted molar refractivity (Wildman–Crippen MR) is 70.3 cm³/mol. The maximum Gasteiger partial charge on any atom is 0.191 e. The van der Waals surface area contributed by atoms with Gasteiger partial charge >= 0.3 is 0 Å². The van der Waals surface area contributed by atoms with Crippen LogP contribution in [0.1, 0.15) is 12.5 Å². The Morgan fingerprint density at radius 1 is 1.33 bits per heavy atom. The van der Waals surface area contributed by atoms with Crippen LogP contribution in [-0.2, 0) is 10.5 Å². The Balaban J connectivity index is 2.76. The molecule has 18 heavy (non-hydrogen) atoms. The molecule has 1 N–H and O–H groups in total. The Morgan fingerprint density at radius 2 is 1.94 bits per heavy atom. The SMILES string of the molecule is CC(O)(OCC[N+](C)(C)C)c1ccccc1N=O. The van der Waals surface area contributed by atoms with Crippen molar-refractivity contribution in [1.29, 1.82) is 0 Å². The molecule has 0 heterocycles. The van der Waals surface area contributed by atoms with E-state index in [-0.39, 0.29) is 5.69 Å². The number of hydrogen-bond acceptors (Lipinski definition) is 4. The highest BCUT2D eigenvalue weighted by atomic mass is 16.6. The Bertz CT molecular complexity index is 411. The van der Waals surface area contributed by atoms with Gasteiger partial charge in [0.25, 0.3) is 0 Å². The van der Waals surface area contributed by atoms with Crippen molar-refractivity contribution in [2.24, 2.45) is 5.18 Å². The van der Waals surface area contributed by atoms with Crippen molar-refractivity contribution in [3.63, 3.8) is 0 Å². The van der Waals surface area contributed by atoms with Gasteiger partial charge in [-0.3, -0.25) is 0 Å². The summed E-state index contributed by atoms with van der Waals surface area (Å²) in [5.41, 5.74) is 0.592. The van der Waals surface area contributed by atoms with Gasteiger partial charge in [-0.05, 0) is 18.2 Å². The van der Waals surface area contributed by atoms with Crippen molar-refractivity contribution in [3.05, 3.63) is 34.7 Å². The summed E-state index contributed by atoms with van der Waals surface area (Å²) in [6.07, 6.45) is 0. The number of likely N-dealkylation sites (N-methyl/N-ethyl adjacent to an activating group) is 1. The molecule has 0 bridgehead atoms. The van der Waals surface area contributed by atoms with E-state index in [1.165, 1.54) is 6.92 Å². The number of aliphatic hydroxyl groups is 1. The number of quaternary nitrogens is 1. The second-order valence-corrected chi connectivity index (χ2v) is 5.45. The molecule has 1 atom stereocenters. The van der Waals surface area contributed by atoms with E-state index in [1.807, 2.05) is 21.1 Å². The summed E-state index contributed by atoms with van der Waals surface area (Å²) in [5, 5.41) is 13.2. The van der Waals surface area contributed by atoms with Gasteiger partial charge in [0.2, 0.25) is 0 Å². The summed E-state index contributed by atoms with van der Waals surface area (Å²) in [4.78, 5) is 10.7. The van der Waals surface area contributed by atoms with Crippen LogP contribution in [0.15, 0.2) is 29.4 Å². The molecule has 0 saturated heterocycles. The minimum absolute atomic E-state index is 0.202. The first-order valence-electron chi connectivity index (χ1n) is 5.86. The zero-order valence-electron chi connectivity index (χ0n) is 11.4. The molecule has 0 aliphatic heterocycles. The van der Waals surface area contributed by atoms with E-state index in [9.17, 15) is 10.0 Å². The topological polar surface area (TPSA) is 58.9 Å². The molecular formula is C13H21N2O3+. The number of benzene rings is 1. The van der Waals surface area contributed by atoms with E-state index in [2.05, 4.69) is 5.18 Å². The highest BCUT2D eigenvalue weighted by molar-refractivity contribution is 5.47. The lowest BCUT2D eigenvalue weighted by atomic mass is 10.1. The van der Waals surface area contributed by atoms with E-state index >= 15 is 0 Å². The van der Waals surface area contributed by atoms with E-state index in [1.54, 1.807) is 24.3 Å². The monoisotopic (exact) mass is 253 g/mol. The van der Waals surface area contributed by atoms with Gasteiger partial charge < -0.3 is 14.3 Å². The Morgan fingerprint density at radius 3 is 2.50 bits per heavy atom. The molecule has 1 aromatic carbocycles. The van der Waals surface area contributed by atoms with Gasteiger partial charge in [-0.25, -0.2) is 0 Å². The minimum atomic E-state index is -1.50. The van der Waals surface area contributed by atoms with Crippen LogP contribution in [0.4, 0.5) is 5.69 Å². The van der Waals surface area contributed by atoms with Crippen molar-refractivity contribution >= 4 is 5.69 Å². The fraction of sp³-hybridized carbons (Fsp3) is 0.538. The van der Waals surface area contributed by atoms with E-state index < -0.39 is 5.79 Å². The molecule has 0 saturated carbocycles. The first kappa shape index (κ1) is 14.8. The largest absolute Gasteiger partial charge is 0.362 e. The molecule has 0 radical (unpaired) electrons. The van der Waals surface area contributed by atoms with Gasteiger partial charge in [-0.15, -0.1) is 4.91 Å². The first-order chi connectivity index (χ1) is 8.26. The third kappa shape index (κ3) is 4.18. The zero-order valence-corrected chi connectivity index (χ0v) is 11.4. The molecular weight excluding hydrogens is 232 g/mol. The molecule has 0 amide bonds. The van der Waals surface area contributed by atoms with Crippen LogP contribution < -0.4 is 0 Å². The molecule has 1 rings (SSSR count). The van der Waals surface area contributed by atoms with E-state index in [0.717, 1.165) is 11.0 Å².